The summed E-state index contributed by atoms with van der Waals surface area (Å²) in [6, 6.07) is 1.69. The Labute approximate surface area is 108 Å². The Kier molecular flexibility index (Phi) is 4.18. The number of pyridine rings is 1. The van der Waals surface area contributed by atoms with Gasteiger partial charge < -0.3 is 10.6 Å². The SMILES string of the molecule is CN(CC1CCCCC1)C(=O)c1ccncc1N. The van der Waals surface area contributed by atoms with Gasteiger partial charge in [0.2, 0.25) is 0 Å². The Morgan fingerprint density at radius 1 is 1.44 bits per heavy atom. The van der Waals surface area contributed by atoms with E-state index in [1.54, 1.807) is 17.2 Å². The molecule has 0 aromatic carbocycles. The third kappa shape index (κ3) is 3.00. The first-order valence-corrected chi connectivity index (χ1v) is 6.63. The van der Waals surface area contributed by atoms with E-state index < -0.39 is 0 Å². The summed E-state index contributed by atoms with van der Waals surface area (Å²) in [5.74, 6) is 0.649. The van der Waals surface area contributed by atoms with Gasteiger partial charge in [-0.3, -0.25) is 9.78 Å². The number of aromatic nitrogens is 1. The highest BCUT2D eigenvalue weighted by Gasteiger charge is 2.20. The van der Waals surface area contributed by atoms with Gasteiger partial charge in [-0.1, -0.05) is 19.3 Å². The Balaban J connectivity index is 1.98. The summed E-state index contributed by atoms with van der Waals surface area (Å²) >= 11 is 0. The molecule has 2 N–H and O–H groups in total. The summed E-state index contributed by atoms with van der Waals surface area (Å²) in [6.45, 7) is 0.834. The van der Waals surface area contributed by atoms with Gasteiger partial charge in [0.15, 0.2) is 0 Å². The average molecular weight is 247 g/mol. The van der Waals surface area contributed by atoms with Crippen LogP contribution in [0.1, 0.15) is 42.5 Å². The zero-order chi connectivity index (χ0) is 13.0. The lowest BCUT2D eigenvalue weighted by atomic mass is 9.89. The monoisotopic (exact) mass is 247 g/mol. The van der Waals surface area contributed by atoms with Crippen LogP contribution in [0.5, 0.6) is 0 Å². The molecular formula is C14H21N3O. The number of carbonyl (C=O) groups excluding carboxylic acids is 1. The first-order chi connectivity index (χ1) is 8.68. The van der Waals surface area contributed by atoms with Gasteiger partial charge in [-0.15, -0.1) is 0 Å². The largest absolute Gasteiger partial charge is 0.397 e. The van der Waals surface area contributed by atoms with Crippen LogP contribution >= 0.6 is 0 Å². The number of nitrogen functional groups attached to an aromatic ring is 1. The van der Waals surface area contributed by atoms with Gasteiger partial charge in [-0.05, 0) is 24.8 Å². The summed E-state index contributed by atoms with van der Waals surface area (Å²) in [5.41, 5.74) is 6.80. The summed E-state index contributed by atoms with van der Waals surface area (Å²) in [4.78, 5) is 18.0. The lowest BCUT2D eigenvalue weighted by molar-refractivity contribution is 0.0761. The number of hydrogen-bond acceptors (Lipinski definition) is 3. The number of anilines is 1. The molecule has 0 bridgehead atoms. The maximum Gasteiger partial charge on any atom is 0.255 e. The van der Waals surface area contributed by atoms with E-state index in [0.29, 0.717) is 17.2 Å². The predicted octanol–water partition coefficient (Wildman–Crippen LogP) is 2.32. The standard InChI is InChI=1S/C14H21N3O/c1-17(10-11-5-3-2-4-6-11)14(18)12-7-8-16-9-13(12)15/h7-9,11H,2-6,10,15H2,1H3. The third-order valence-corrected chi connectivity index (χ3v) is 3.69. The molecule has 98 valence electrons. The van der Waals surface area contributed by atoms with Crippen molar-refractivity contribution in [2.45, 2.75) is 32.1 Å². The minimum atomic E-state index is 0.000438. The molecular weight excluding hydrogens is 226 g/mol. The summed E-state index contributed by atoms with van der Waals surface area (Å²) in [7, 11) is 1.86. The summed E-state index contributed by atoms with van der Waals surface area (Å²) in [5, 5.41) is 0. The van der Waals surface area contributed by atoms with E-state index in [1.807, 2.05) is 7.05 Å². The maximum atomic E-state index is 12.3. The minimum Gasteiger partial charge on any atom is -0.397 e. The molecule has 0 saturated heterocycles. The fourth-order valence-electron chi connectivity index (χ4n) is 2.65. The van der Waals surface area contributed by atoms with Crippen molar-refractivity contribution in [3.8, 4) is 0 Å². The number of nitrogens with two attached hydrogens (primary N) is 1. The molecule has 0 spiro atoms. The molecule has 1 amide bonds. The molecule has 1 heterocycles. The van der Waals surface area contributed by atoms with E-state index in [4.69, 9.17) is 5.73 Å². The number of hydrogen-bond donors (Lipinski definition) is 1. The quantitative estimate of drug-likeness (QED) is 0.891. The fraction of sp³-hybridized carbons (Fsp3) is 0.571. The Morgan fingerprint density at radius 3 is 2.83 bits per heavy atom. The molecule has 4 heteroatoms. The number of rotatable bonds is 3. The van der Waals surface area contributed by atoms with Gasteiger partial charge in [0.1, 0.15) is 0 Å². The number of amides is 1. The van der Waals surface area contributed by atoms with Crippen molar-refractivity contribution in [1.29, 1.82) is 0 Å². The second-order valence-corrected chi connectivity index (χ2v) is 5.15. The molecule has 0 unspecified atom stereocenters. The van der Waals surface area contributed by atoms with Crippen LogP contribution in [0.3, 0.4) is 0 Å². The molecule has 1 aromatic rings. The van der Waals surface area contributed by atoms with Crippen molar-refractivity contribution in [2.24, 2.45) is 5.92 Å². The van der Waals surface area contributed by atoms with E-state index in [-0.39, 0.29) is 5.91 Å². The molecule has 0 radical (unpaired) electrons. The maximum absolute atomic E-state index is 12.3. The van der Waals surface area contributed by atoms with Gasteiger partial charge >= 0.3 is 0 Å². The molecule has 4 nitrogen and oxygen atoms in total. The Bertz CT molecular complexity index is 413. The topological polar surface area (TPSA) is 59.2 Å². The second-order valence-electron chi connectivity index (χ2n) is 5.15. The predicted molar refractivity (Wildman–Crippen MR) is 72.2 cm³/mol. The number of nitrogens with zero attached hydrogens (tertiary/aromatic N) is 2. The van der Waals surface area contributed by atoms with Gasteiger partial charge in [-0.2, -0.15) is 0 Å². The van der Waals surface area contributed by atoms with Crippen LogP contribution in [0.25, 0.3) is 0 Å². The molecule has 18 heavy (non-hydrogen) atoms. The Morgan fingerprint density at radius 2 is 2.17 bits per heavy atom. The van der Waals surface area contributed by atoms with E-state index in [2.05, 4.69) is 4.98 Å². The van der Waals surface area contributed by atoms with Crippen LogP contribution in [0, 0.1) is 5.92 Å². The van der Waals surface area contributed by atoms with E-state index >= 15 is 0 Å². The normalized spacial score (nSPS) is 16.5. The van der Waals surface area contributed by atoms with Crippen LogP contribution in [-0.4, -0.2) is 29.4 Å². The zero-order valence-electron chi connectivity index (χ0n) is 10.9. The van der Waals surface area contributed by atoms with E-state index in [9.17, 15) is 4.79 Å². The lowest BCUT2D eigenvalue weighted by Gasteiger charge is -2.27. The molecule has 1 aliphatic rings. The molecule has 0 atom stereocenters. The summed E-state index contributed by atoms with van der Waals surface area (Å²) < 4.78 is 0. The van der Waals surface area contributed by atoms with Crippen molar-refractivity contribution in [2.75, 3.05) is 19.3 Å². The highest BCUT2D eigenvalue weighted by Crippen LogP contribution is 2.24. The molecule has 1 aliphatic carbocycles. The van der Waals surface area contributed by atoms with E-state index in [1.165, 1.54) is 38.3 Å². The smallest absolute Gasteiger partial charge is 0.255 e. The second kappa shape index (κ2) is 5.85. The van der Waals surface area contributed by atoms with Crippen LogP contribution in [0.4, 0.5) is 5.69 Å². The highest BCUT2D eigenvalue weighted by atomic mass is 16.2. The molecule has 1 aromatic heterocycles. The van der Waals surface area contributed by atoms with Crippen LogP contribution in [-0.2, 0) is 0 Å². The Hall–Kier alpha value is -1.58. The van der Waals surface area contributed by atoms with Gasteiger partial charge in [-0.25, -0.2) is 0 Å². The third-order valence-electron chi connectivity index (χ3n) is 3.69. The number of carbonyl (C=O) groups is 1. The van der Waals surface area contributed by atoms with Crippen molar-refractivity contribution in [3.63, 3.8) is 0 Å². The van der Waals surface area contributed by atoms with Gasteiger partial charge in [0, 0.05) is 19.8 Å². The van der Waals surface area contributed by atoms with Crippen molar-refractivity contribution < 1.29 is 4.79 Å². The van der Waals surface area contributed by atoms with Gasteiger partial charge in [0.05, 0.1) is 17.4 Å². The lowest BCUT2D eigenvalue weighted by Crippen LogP contribution is -2.33. The van der Waals surface area contributed by atoms with Crippen LogP contribution < -0.4 is 5.73 Å². The molecule has 0 aliphatic heterocycles. The minimum absolute atomic E-state index is 0.000438. The molecule has 2 rings (SSSR count). The first-order valence-electron chi connectivity index (χ1n) is 6.63. The van der Waals surface area contributed by atoms with Crippen LogP contribution in [0.15, 0.2) is 18.5 Å². The zero-order valence-corrected chi connectivity index (χ0v) is 10.9. The fourth-order valence-corrected chi connectivity index (χ4v) is 2.65. The van der Waals surface area contributed by atoms with Crippen LogP contribution in [0.2, 0.25) is 0 Å². The summed E-state index contributed by atoms with van der Waals surface area (Å²) in [6.07, 6.45) is 9.55. The van der Waals surface area contributed by atoms with Crippen molar-refractivity contribution >= 4 is 11.6 Å². The molecule has 1 fully saturated rings. The first kappa shape index (κ1) is 12.9. The van der Waals surface area contributed by atoms with Crippen molar-refractivity contribution in [1.82, 2.24) is 9.88 Å². The highest BCUT2D eigenvalue weighted by molar-refractivity contribution is 5.98. The van der Waals surface area contributed by atoms with E-state index in [0.717, 1.165) is 6.54 Å². The van der Waals surface area contributed by atoms with Crippen molar-refractivity contribution in [3.05, 3.63) is 24.0 Å². The van der Waals surface area contributed by atoms with Gasteiger partial charge in [0.25, 0.3) is 5.91 Å². The average Bonchev–Trinajstić information content (AvgIpc) is 2.39. The molecule has 1 saturated carbocycles.